The number of rotatable bonds is 3. The SMILES string of the molecule is O=C1O[C@@H](C(=O)NCc2ccco2)Cc2ccccc21. The predicted octanol–water partition coefficient (Wildman–Crippen LogP) is 1.68. The first-order valence-corrected chi connectivity index (χ1v) is 6.33. The molecule has 0 saturated carbocycles. The lowest BCUT2D eigenvalue weighted by Gasteiger charge is -2.23. The average molecular weight is 271 g/mol. The fourth-order valence-electron chi connectivity index (χ4n) is 2.18. The van der Waals surface area contributed by atoms with Crippen LogP contribution in [0.4, 0.5) is 0 Å². The van der Waals surface area contributed by atoms with Gasteiger partial charge in [0.15, 0.2) is 6.10 Å². The normalized spacial score (nSPS) is 17.2. The summed E-state index contributed by atoms with van der Waals surface area (Å²) in [7, 11) is 0. The highest BCUT2D eigenvalue weighted by molar-refractivity contribution is 5.95. The van der Waals surface area contributed by atoms with Crippen molar-refractivity contribution in [2.75, 3.05) is 0 Å². The highest BCUT2D eigenvalue weighted by Gasteiger charge is 2.30. The lowest BCUT2D eigenvalue weighted by Crippen LogP contribution is -2.41. The van der Waals surface area contributed by atoms with Gasteiger partial charge in [0.05, 0.1) is 18.4 Å². The smallest absolute Gasteiger partial charge is 0.339 e. The van der Waals surface area contributed by atoms with Gasteiger partial charge in [-0.05, 0) is 23.8 Å². The van der Waals surface area contributed by atoms with Gasteiger partial charge in [-0.2, -0.15) is 0 Å². The van der Waals surface area contributed by atoms with Crippen LogP contribution in [0.25, 0.3) is 0 Å². The topological polar surface area (TPSA) is 68.5 Å². The first kappa shape index (κ1) is 12.5. The summed E-state index contributed by atoms with van der Waals surface area (Å²) in [5, 5.41) is 2.70. The van der Waals surface area contributed by atoms with Crippen molar-refractivity contribution in [3.05, 3.63) is 59.5 Å². The van der Waals surface area contributed by atoms with Gasteiger partial charge >= 0.3 is 5.97 Å². The van der Waals surface area contributed by atoms with E-state index in [1.807, 2.05) is 12.1 Å². The van der Waals surface area contributed by atoms with Gasteiger partial charge in [-0.15, -0.1) is 0 Å². The largest absolute Gasteiger partial charge is 0.467 e. The van der Waals surface area contributed by atoms with Crippen LogP contribution in [-0.4, -0.2) is 18.0 Å². The fraction of sp³-hybridized carbons (Fsp3) is 0.200. The molecular weight excluding hydrogens is 258 g/mol. The van der Waals surface area contributed by atoms with E-state index < -0.39 is 12.1 Å². The number of hydrogen-bond acceptors (Lipinski definition) is 4. The molecule has 5 nitrogen and oxygen atoms in total. The third kappa shape index (κ3) is 2.42. The summed E-state index contributed by atoms with van der Waals surface area (Å²) >= 11 is 0. The van der Waals surface area contributed by atoms with Gasteiger partial charge in [0.25, 0.3) is 5.91 Å². The second-order valence-electron chi connectivity index (χ2n) is 4.55. The van der Waals surface area contributed by atoms with Gasteiger partial charge in [-0.25, -0.2) is 4.79 Å². The van der Waals surface area contributed by atoms with Crippen molar-refractivity contribution in [2.45, 2.75) is 19.1 Å². The Bertz CT molecular complexity index is 633. The van der Waals surface area contributed by atoms with Crippen molar-refractivity contribution in [1.82, 2.24) is 5.32 Å². The van der Waals surface area contributed by atoms with Crippen LogP contribution < -0.4 is 5.32 Å². The van der Waals surface area contributed by atoms with Gasteiger partial charge in [0.1, 0.15) is 5.76 Å². The number of benzene rings is 1. The molecule has 0 saturated heterocycles. The molecule has 1 aliphatic rings. The number of nitrogens with one attached hydrogen (secondary N) is 1. The Hall–Kier alpha value is -2.56. The van der Waals surface area contributed by atoms with E-state index in [4.69, 9.17) is 9.15 Å². The lowest BCUT2D eigenvalue weighted by molar-refractivity contribution is -0.130. The zero-order valence-corrected chi connectivity index (χ0v) is 10.7. The van der Waals surface area contributed by atoms with Gasteiger partial charge in [-0.3, -0.25) is 4.79 Å². The van der Waals surface area contributed by atoms with Crippen molar-refractivity contribution < 1.29 is 18.7 Å². The number of cyclic esters (lactones) is 1. The van der Waals surface area contributed by atoms with E-state index in [0.29, 0.717) is 17.7 Å². The number of furan rings is 1. The van der Waals surface area contributed by atoms with Crippen molar-refractivity contribution in [3.63, 3.8) is 0 Å². The summed E-state index contributed by atoms with van der Waals surface area (Å²) < 4.78 is 10.3. The van der Waals surface area contributed by atoms with Crippen molar-refractivity contribution in [3.8, 4) is 0 Å². The summed E-state index contributed by atoms with van der Waals surface area (Å²) in [6, 6.07) is 10.7. The van der Waals surface area contributed by atoms with Crippen LogP contribution in [0.1, 0.15) is 21.7 Å². The van der Waals surface area contributed by atoms with Crippen molar-refractivity contribution >= 4 is 11.9 Å². The highest BCUT2D eigenvalue weighted by atomic mass is 16.5. The Balaban J connectivity index is 1.67. The van der Waals surface area contributed by atoms with Crippen LogP contribution in [0.5, 0.6) is 0 Å². The molecule has 0 bridgehead atoms. The standard InChI is InChI=1S/C15H13NO4/c17-14(16-9-11-5-3-7-19-11)13-8-10-4-1-2-6-12(10)15(18)20-13/h1-7,13H,8-9H2,(H,16,17)/t13-/m1/s1. The zero-order chi connectivity index (χ0) is 13.9. The number of ether oxygens (including phenoxy) is 1. The zero-order valence-electron chi connectivity index (χ0n) is 10.7. The van der Waals surface area contributed by atoms with Crippen LogP contribution in [0.15, 0.2) is 47.1 Å². The molecule has 20 heavy (non-hydrogen) atoms. The van der Waals surface area contributed by atoms with Gasteiger partial charge in [0.2, 0.25) is 0 Å². The van der Waals surface area contributed by atoms with Gasteiger partial charge < -0.3 is 14.5 Å². The number of amides is 1. The first-order chi connectivity index (χ1) is 9.74. The Morgan fingerprint density at radius 1 is 1.25 bits per heavy atom. The summed E-state index contributed by atoms with van der Waals surface area (Å²) in [6.07, 6.45) is 1.15. The molecule has 1 aromatic heterocycles. The van der Waals surface area contributed by atoms with Gasteiger partial charge in [-0.1, -0.05) is 18.2 Å². The van der Waals surface area contributed by atoms with Crippen molar-refractivity contribution in [2.24, 2.45) is 0 Å². The molecule has 102 valence electrons. The molecule has 0 radical (unpaired) electrons. The summed E-state index contributed by atoms with van der Waals surface area (Å²) in [5.41, 5.74) is 1.37. The summed E-state index contributed by atoms with van der Waals surface area (Å²) in [6.45, 7) is 0.279. The molecule has 0 aliphatic carbocycles. The Morgan fingerprint density at radius 3 is 2.90 bits per heavy atom. The highest BCUT2D eigenvalue weighted by Crippen LogP contribution is 2.20. The van der Waals surface area contributed by atoms with Crippen LogP contribution in [0, 0.1) is 0 Å². The average Bonchev–Trinajstić information content (AvgIpc) is 2.98. The van der Waals surface area contributed by atoms with Crippen LogP contribution >= 0.6 is 0 Å². The van der Waals surface area contributed by atoms with Crippen LogP contribution in [0.3, 0.4) is 0 Å². The Morgan fingerprint density at radius 2 is 2.10 bits per heavy atom. The molecule has 1 aliphatic heterocycles. The number of carbonyl (C=O) groups is 2. The Labute approximate surface area is 115 Å². The molecule has 3 rings (SSSR count). The second-order valence-corrected chi connectivity index (χ2v) is 4.55. The molecule has 1 aromatic carbocycles. The number of esters is 1. The molecule has 0 fully saturated rings. The van der Waals surface area contributed by atoms with E-state index in [2.05, 4.69) is 5.32 Å². The van der Waals surface area contributed by atoms with E-state index >= 15 is 0 Å². The van der Waals surface area contributed by atoms with Crippen LogP contribution in [-0.2, 0) is 22.5 Å². The van der Waals surface area contributed by atoms with E-state index in [9.17, 15) is 9.59 Å². The lowest BCUT2D eigenvalue weighted by atomic mass is 9.98. The molecule has 0 unspecified atom stereocenters. The maximum Gasteiger partial charge on any atom is 0.339 e. The monoisotopic (exact) mass is 271 g/mol. The van der Waals surface area contributed by atoms with Crippen molar-refractivity contribution in [1.29, 1.82) is 0 Å². The van der Waals surface area contributed by atoms with Crippen LogP contribution in [0.2, 0.25) is 0 Å². The maximum absolute atomic E-state index is 12.0. The van der Waals surface area contributed by atoms with E-state index in [1.54, 1.807) is 30.5 Å². The number of fused-ring (bicyclic) bond motifs is 1. The number of carbonyl (C=O) groups excluding carboxylic acids is 2. The fourth-order valence-corrected chi connectivity index (χ4v) is 2.18. The molecule has 1 amide bonds. The third-order valence-corrected chi connectivity index (χ3v) is 3.20. The third-order valence-electron chi connectivity index (χ3n) is 3.20. The number of hydrogen-bond donors (Lipinski definition) is 1. The molecule has 1 N–H and O–H groups in total. The summed E-state index contributed by atoms with van der Waals surface area (Å²) in [5.74, 6) is -0.116. The molecule has 0 spiro atoms. The minimum atomic E-state index is -0.785. The molecule has 5 heteroatoms. The van der Waals surface area contributed by atoms with Gasteiger partial charge in [0, 0.05) is 6.42 Å². The Kier molecular flexibility index (Phi) is 3.25. The molecule has 2 heterocycles. The minimum Gasteiger partial charge on any atom is -0.467 e. The molecule has 2 aromatic rings. The van der Waals surface area contributed by atoms with E-state index in [-0.39, 0.29) is 12.5 Å². The summed E-state index contributed by atoms with van der Waals surface area (Å²) in [4.78, 5) is 23.8. The first-order valence-electron chi connectivity index (χ1n) is 6.33. The predicted molar refractivity (Wildman–Crippen MR) is 69.9 cm³/mol. The van der Waals surface area contributed by atoms with E-state index in [0.717, 1.165) is 5.56 Å². The van der Waals surface area contributed by atoms with E-state index in [1.165, 1.54) is 0 Å². The quantitative estimate of drug-likeness (QED) is 0.862. The minimum absolute atomic E-state index is 0.279. The molecular formula is C15H13NO4. The molecule has 1 atom stereocenters. The maximum atomic E-state index is 12.0. The second kappa shape index (κ2) is 5.21.